The predicted octanol–water partition coefficient (Wildman–Crippen LogP) is -0.346. The van der Waals surface area contributed by atoms with Crippen LogP contribution in [0.3, 0.4) is 0 Å². The molecule has 0 atom stereocenters. The fourth-order valence-corrected chi connectivity index (χ4v) is 0. The summed E-state index contributed by atoms with van der Waals surface area (Å²) in [6, 6.07) is 0. The van der Waals surface area contributed by atoms with E-state index in [1.807, 2.05) is 0 Å². The van der Waals surface area contributed by atoms with E-state index in [2.05, 4.69) is 0 Å². The maximum Gasteiger partial charge on any atom is 3.00 e. The molecule has 0 N–H and O–H groups in total. The Labute approximate surface area is 65.8 Å². The van der Waals surface area contributed by atoms with Crippen LogP contribution in [0.2, 0.25) is 0 Å². The van der Waals surface area contributed by atoms with Gasteiger partial charge in [-0.2, -0.15) is 0 Å². The van der Waals surface area contributed by atoms with Crippen molar-refractivity contribution < 1.29 is 30.6 Å². The minimum atomic E-state index is 0. The Morgan fingerprint density at radius 3 is 0.750 bits per heavy atom. The SMILES string of the molecule is FOF.[Al+3].[Al+3].[O-2].[O-2].[O-2]. The van der Waals surface area contributed by atoms with Crippen molar-refractivity contribution in [2.45, 2.75) is 0 Å². The maximum atomic E-state index is 9.12. The molecule has 0 fully saturated rings. The molecule has 0 spiro atoms. The van der Waals surface area contributed by atoms with Gasteiger partial charge in [0.25, 0.3) is 0 Å². The first-order valence-corrected chi connectivity index (χ1v) is 0.309. The molecule has 0 saturated carbocycles. The van der Waals surface area contributed by atoms with Crippen molar-refractivity contribution >= 4 is 34.7 Å². The maximum absolute atomic E-state index is 9.12. The monoisotopic (exact) mass is 156 g/mol. The summed E-state index contributed by atoms with van der Waals surface area (Å²) in [5.41, 5.74) is 0. The van der Waals surface area contributed by atoms with Crippen molar-refractivity contribution in [3.63, 3.8) is 0 Å². The van der Waals surface area contributed by atoms with Crippen LogP contribution in [0, 0.1) is 0 Å². The van der Waals surface area contributed by atoms with Crippen LogP contribution in [-0.2, 0) is 21.6 Å². The number of hydrogen-bond acceptors (Lipinski definition) is 1. The Hall–Kier alpha value is 0.765. The zero-order chi connectivity index (χ0) is 2.71. The minimum Gasteiger partial charge on any atom is -2.00 e. The molecule has 0 aliphatic rings. The molecule has 0 amide bonds. The van der Waals surface area contributed by atoms with Crippen LogP contribution in [0.5, 0.6) is 0 Å². The normalized spacial score (nSPS) is 2.25. The van der Waals surface area contributed by atoms with Gasteiger partial charge in [-0.1, -0.05) is 0 Å². The molecule has 0 aromatic carbocycles. The topological polar surface area (TPSA) is 94.7 Å². The van der Waals surface area contributed by atoms with E-state index in [0.717, 1.165) is 0 Å². The van der Waals surface area contributed by atoms with Gasteiger partial charge in [-0.15, -0.1) is 0 Å². The molecule has 4 nitrogen and oxygen atoms in total. The molecule has 0 aromatic rings. The van der Waals surface area contributed by atoms with Gasteiger partial charge in [0.1, 0.15) is 0 Å². The molecule has 0 aromatic heterocycles. The Balaban J connectivity index is -0.00000000200. The summed E-state index contributed by atoms with van der Waals surface area (Å²) in [5.74, 6) is 0. The van der Waals surface area contributed by atoms with E-state index < -0.39 is 0 Å². The molecule has 0 aliphatic heterocycles. The van der Waals surface area contributed by atoms with Crippen LogP contribution >= 0.6 is 0 Å². The second-order valence-corrected chi connectivity index (χ2v) is 0.0583. The third-order valence-corrected chi connectivity index (χ3v) is 0. The third-order valence-electron chi connectivity index (χ3n) is 0. The van der Waals surface area contributed by atoms with E-state index in [4.69, 9.17) is 9.05 Å². The molecule has 0 radical (unpaired) electrons. The molecule has 0 heterocycles. The van der Waals surface area contributed by atoms with Gasteiger partial charge >= 0.3 is 34.7 Å². The minimum absolute atomic E-state index is 0. The molecular formula is Al2F2O4. The number of rotatable bonds is 0. The van der Waals surface area contributed by atoms with E-state index >= 15 is 0 Å². The van der Waals surface area contributed by atoms with Crippen LogP contribution < -0.4 is 0 Å². The van der Waals surface area contributed by atoms with Crippen LogP contribution in [0.25, 0.3) is 0 Å². The summed E-state index contributed by atoms with van der Waals surface area (Å²) in [4.78, 5) is 0. The van der Waals surface area contributed by atoms with Crippen LogP contribution in [-0.4, -0.2) is 34.7 Å². The second-order valence-electron chi connectivity index (χ2n) is 0.0583. The largest absolute Gasteiger partial charge is 3.00 e. The summed E-state index contributed by atoms with van der Waals surface area (Å²) in [7, 11) is 0. The summed E-state index contributed by atoms with van der Waals surface area (Å²) >= 11 is 0. The molecular weight excluding hydrogens is 156 g/mol. The number of halogens is 2. The Morgan fingerprint density at radius 1 is 0.750 bits per heavy atom. The van der Waals surface area contributed by atoms with Gasteiger partial charge < -0.3 is 16.4 Å². The number of hydrogen-bond donors (Lipinski definition) is 0. The Kier molecular flexibility index (Phi) is 986. The fraction of sp³-hybridized carbons (Fsp3) is 0. The predicted molar refractivity (Wildman–Crippen MR) is 16.9 cm³/mol. The van der Waals surface area contributed by atoms with Gasteiger partial charge in [0.2, 0.25) is 0 Å². The van der Waals surface area contributed by atoms with Crippen molar-refractivity contribution in [2.75, 3.05) is 0 Å². The van der Waals surface area contributed by atoms with Crippen LogP contribution in [0.4, 0.5) is 9.05 Å². The van der Waals surface area contributed by atoms with Gasteiger partial charge in [-0.25, -0.2) is 0 Å². The third kappa shape index (κ3) is 384. The van der Waals surface area contributed by atoms with E-state index in [0.29, 0.717) is 0 Å². The summed E-state index contributed by atoms with van der Waals surface area (Å²) in [6.07, 6.45) is 0. The molecule has 8 heteroatoms. The fourth-order valence-electron chi connectivity index (χ4n) is 0. The van der Waals surface area contributed by atoms with Gasteiger partial charge in [0.15, 0.2) is 0 Å². The Bertz CT molecular complexity index is 12.0. The van der Waals surface area contributed by atoms with Crippen LogP contribution in [0.1, 0.15) is 0 Å². The second kappa shape index (κ2) is 114. The van der Waals surface area contributed by atoms with Crippen molar-refractivity contribution in [1.82, 2.24) is 0 Å². The van der Waals surface area contributed by atoms with E-state index in [1.54, 1.807) is 0 Å². The summed E-state index contributed by atoms with van der Waals surface area (Å²) in [5, 5.41) is 1.25. The van der Waals surface area contributed by atoms with E-state index in [9.17, 15) is 0 Å². The Morgan fingerprint density at radius 2 is 0.750 bits per heavy atom. The molecule has 44 valence electrons. The van der Waals surface area contributed by atoms with E-state index in [1.165, 1.54) is 5.15 Å². The summed E-state index contributed by atoms with van der Waals surface area (Å²) in [6.45, 7) is 0. The quantitative estimate of drug-likeness (QED) is 0.440. The van der Waals surface area contributed by atoms with Crippen molar-refractivity contribution in [3.8, 4) is 0 Å². The molecule has 0 rings (SSSR count). The average Bonchev–Trinajstić information content (AvgIpc) is 0.918. The van der Waals surface area contributed by atoms with E-state index in [-0.39, 0.29) is 51.2 Å². The average molecular weight is 156 g/mol. The van der Waals surface area contributed by atoms with Gasteiger partial charge in [0, 0.05) is 5.15 Å². The molecule has 8 heavy (non-hydrogen) atoms. The summed E-state index contributed by atoms with van der Waals surface area (Å²) < 4.78 is 18.2. The molecule has 0 bridgehead atoms. The molecule has 0 unspecified atom stereocenters. The smallest absolute Gasteiger partial charge is 2.00 e. The van der Waals surface area contributed by atoms with Gasteiger partial charge in [-0.05, 0) is 9.05 Å². The zero-order valence-electron chi connectivity index (χ0n) is 3.54. The van der Waals surface area contributed by atoms with Gasteiger partial charge in [-0.3, -0.25) is 0 Å². The molecule has 0 aliphatic carbocycles. The first-order chi connectivity index (χ1) is 1.41. The zero-order valence-corrected chi connectivity index (χ0v) is 5.85. The van der Waals surface area contributed by atoms with Crippen LogP contribution in [0.15, 0.2) is 0 Å². The van der Waals surface area contributed by atoms with Crippen molar-refractivity contribution in [1.29, 1.82) is 0 Å². The first kappa shape index (κ1) is 69.1. The van der Waals surface area contributed by atoms with Gasteiger partial charge in [0.05, 0.1) is 0 Å². The van der Waals surface area contributed by atoms with Crippen molar-refractivity contribution in [3.05, 3.63) is 0 Å². The van der Waals surface area contributed by atoms with Crippen molar-refractivity contribution in [2.24, 2.45) is 0 Å². The first-order valence-electron chi connectivity index (χ1n) is 0.309. The molecule has 0 saturated heterocycles. The standard InChI is InChI=1S/2Al.F2O.3O/c;;1-3-2;;;/q2*+3;;3*-2.